The summed E-state index contributed by atoms with van der Waals surface area (Å²) in [4.78, 5) is 0. The van der Waals surface area contributed by atoms with Crippen LogP contribution in [0.3, 0.4) is 0 Å². The molecule has 1 aliphatic rings. The molecule has 0 aliphatic carbocycles. The first-order chi connectivity index (χ1) is 10.3. The first-order valence-electron chi connectivity index (χ1n) is 8.82. The van der Waals surface area contributed by atoms with E-state index < -0.39 is 6.17 Å². The molecule has 0 bridgehead atoms. The highest BCUT2D eigenvalue weighted by molar-refractivity contribution is 5.61. The van der Waals surface area contributed by atoms with Gasteiger partial charge in [-0.05, 0) is 18.4 Å². The first kappa shape index (κ1) is 16.3. The third-order valence-electron chi connectivity index (χ3n) is 4.53. The van der Waals surface area contributed by atoms with Crippen molar-refractivity contribution in [2.45, 2.75) is 77.3 Å². The van der Waals surface area contributed by atoms with E-state index in [1.165, 1.54) is 50.5 Å². The predicted molar refractivity (Wildman–Crippen MR) is 89.7 cm³/mol. The molecule has 21 heavy (non-hydrogen) atoms. The highest BCUT2D eigenvalue weighted by Crippen LogP contribution is 2.35. The summed E-state index contributed by atoms with van der Waals surface area (Å²) in [5, 5.41) is 3.34. The third kappa shape index (κ3) is 5.01. The molecule has 0 aromatic heterocycles. The van der Waals surface area contributed by atoms with E-state index in [-0.39, 0.29) is 0 Å². The van der Waals surface area contributed by atoms with Crippen molar-refractivity contribution >= 4 is 5.69 Å². The van der Waals surface area contributed by atoms with Gasteiger partial charge in [-0.3, -0.25) is 0 Å². The molecular formula is C19H30FN. The van der Waals surface area contributed by atoms with Crippen LogP contribution in [0.15, 0.2) is 18.2 Å². The molecule has 1 heterocycles. The molecule has 0 amide bonds. The van der Waals surface area contributed by atoms with Crippen LogP contribution < -0.4 is 5.32 Å². The summed E-state index contributed by atoms with van der Waals surface area (Å²) in [5.41, 5.74) is 3.24. The summed E-state index contributed by atoms with van der Waals surface area (Å²) >= 11 is 0. The minimum Gasteiger partial charge on any atom is -0.384 e. The average molecular weight is 291 g/mol. The lowest BCUT2D eigenvalue weighted by atomic mass is 9.99. The van der Waals surface area contributed by atoms with Crippen molar-refractivity contribution in [3.8, 4) is 0 Å². The molecule has 1 aromatic carbocycles. The monoisotopic (exact) mass is 291 g/mol. The van der Waals surface area contributed by atoms with Crippen LogP contribution in [0.25, 0.3) is 0 Å². The zero-order chi connectivity index (χ0) is 14.9. The van der Waals surface area contributed by atoms with Crippen LogP contribution >= 0.6 is 0 Å². The van der Waals surface area contributed by atoms with E-state index in [1.54, 1.807) is 0 Å². The summed E-state index contributed by atoms with van der Waals surface area (Å²) in [6.07, 6.45) is 11.1. The normalized spacial score (nSPS) is 14.8. The second kappa shape index (κ2) is 9.07. The topological polar surface area (TPSA) is 12.0 Å². The number of benzene rings is 1. The molecule has 118 valence electrons. The van der Waals surface area contributed by atoms with Crippen LogP contribution in [0.1, 0.15) is 82.0 Å². The minimum atomic E-state index is -0.800. The lowest BCUT2D eigenvalue weighted by Gasteiger charge is -2.13. The molecule has 0 spiro atoms. The third-order valence-corrected chi connectivity index (χ3v) is 4.53. The van der Waals surface area contributed by atoms with Gasteiger partial charge in [0.2, 0.25) is 0 Å². The van der Waals surface area contributed by atoms with Crippen LogP contribution in [0.4, 0.5) is 10.1 Å². The van der Waals surface area contributed by atoms with Crippen molar-refractivity contribution in [2.75, 3.05) is 11.9 Å². The van der Waals surface area contributed by atoms with Gasteiger partial charge in [0.1, 0.15) is 6.17 Å². The van der Waals surface area contributed by atoms with Crippen LogP contribution in [0.5, 0.6) is 0 Å². The Balaban J connectivity index is 1.64. The van der Waals surface area contributed by atoms with Crippen molar-refractivity contribution in [2.24, 2.45) is 0 Å². The lowest BCUT2D eigenvalue weighted by molar-refractivity contribution is 0.313. The van der Waals surface area contributed by atoms with Crippen LogP contribution in [0.2, 0.25) is 0 Å². The van der Waals surface area contributed by atoms with Crippen LogP contribution in [-0.4, -0.2) is 6.54 Å². The molecule has 2 rings (SSSR count). The van der Waals surface area contributed by atoms with E-state index in [0.29, 0.717) is 6.42 Å². The van der Waals surface area contributed by atoms with Gasteiger partial charge in [0.05, 0.1) is 0 Å². The molecule has 0 saturated carbocycles. The summed E-state index contributed by atoms with van der Waals surface area (Å²) in [7, 11) is 0. The van der Waals surface area contributed by atoms with Gasteiger partial charge < -0.3 is 5.32 Å². The number of rotatable bonds is 10. The molecule has 1 atom stereocenters. The van der Waals surface area contributed by atoms with Gasteiger partial charge in [0.15, 0.2) is 0 Å². The van der Waals surface area contributed by atoms with E-state index in [1.807, 2.05) is 12.1 Å². The average Bonchev–Trinajstić information content (AvgIpc) is 2.98. The summed E-state index contributed by atoms with van der Waals surface area (Å²) in [5.74, 6) is 0. The van der Waals surface area contributed by atoms with Crippen LogP contribution in [-0.2, 0) is 6.42 Å². The number of halogens is 1. The molecule has 0 radical (unpaired) electrons. The Morgan fingerprint density at radius 1 is 1.05 bits per heavy atom. The molecule has 0 saturated heterocycles. The molecule has 1 aromatic rings. The minimum absolute atomic E-state index is 0.674. The Kier molecular flexibility index (Phi) is 7.05. The molecule has 1 aliphatic heterocycles. The molecule has 2 heteroatoms. The Bertz CT molecular complexity index is 416. The summed E-state index contributed by atoms with van der Waals surface area (Å²) in [6, 6.07) is 6.07. The van der Waals surface area contributed by atoms with E-state index in [2.05, 4.69) is 18.3 Å². The summed E-state index contributed by atoms with van der Waals surface area (Å²) in [6.45, 7) is 3.20. The van der Waals surface area contributed by atoms with E-state index in [4.69, 9.17) is 0 Å². The van der Waals surface area contributed by atoms with Crippen molar-refractivity contribution in [1.82, 2.24) is 0 Å². The smallest absolute Gasteiger partial charge is 0.127 e. The Morgan fingerprint density at radius 3 is 2.52 bits per heavy atom. The second-order valence-corrected chi connectivity index (χ2v) is 6.29. The molecule has 0 fully saturated rings. The van der Waals surface area contributed by atoms with Crippen LogP contribution in [0, 0.1) is 0 Å². The molecule has 1 nitrogen and oxygen atoms in total. The lowest BCUT2D eigenvalue weighted by Crippen LogP contribution is -1.99. The van der Waals surface area contributed by atoms with Crippen molar-refractivity contribution in [3.63, 3.8) is 0 Å². The Labute approximate surface area is 129 Å². The van der Waals surface area contributed by atoms with Crippen molar-refractivity contribution in [1.29, 1.82) is 0 Å². The van der Waals surface area contributed by atoms with Crippen molar-refractivity contribution in [3.05, 3.63) is 29.3 Å². The zero-order valence-corrected chi connectivity index (χ0v) is 13.5. The first-order valence-corrected chi connectivity index (χ1v) is 8.82. The SMILES string of the molecule is CCCCCCCCCCC(F)c1cccc2c1NCC2. The maximum atomic E-state index is 14.4. The van der Waals surface area contributed by atoms with Gasteiger partial charge in [-0.15, -0.1) is 0 Å². The number of para-hydroxylation sites is 1. The number of hydrogen-bond donors (Lipinski definition) is 1. The quantitative estimate of drug-likeness (QED) is 0.506. The number of hydrogen-bond acceptors (Lipinski definition) is 1. The highest BCUT2D eigenvalue weighted by atomic mass is 19.1. The molecular weight excluding hydrogens is 261 g/mol. The largest absolute Gasteiger partial charge is 0.384 e. The van der Waals surface area contributed by atoms with Gasteiger partial charge in [-0.25, -0.2) is 4.39 Å². The summed E-state index contributed by atoms with van der Waals surface area (Å²) < 4.78 is 14.4. The van der Waals surface area contributed by atoms with Gasteiger partial charge in [-0.2, -0.15) is 0 Å². The van der Waals surface area contributed by atoms with E-state index in [0.717, 1.165) is 30.6 Å². The molecule has 1 N–H and O–H groups in total. The predicted octanol–water partition coefficient (Wildman–Crippen LogP) is 6.20. The number of alkyl halides is 1. The Morgan fingerprint density at radius 2 is 1.76 bits per heavy atom. The van der Waals surface area contributed by atoms with Gasteiger partial charge in [-0.1, -0.05) is 76.5 Å². The number of fused-ring (bicyclic) bond motifs is 1. The highest BCUT2D eigenvalue weighted by Gasteiger charge is 2.19. The second-order valence-electron chi connectivity index (χ2n) is 6.29. The van der Waals surface area contributed by atoms with E-state index >= 15 is 0 Å². The fraction of sp³-hybridized carbons (Fsp3) is 0.684. The van der Waals surface area contributed by atoms with Gasteiger partial charge >= 0.3 is 0 Å². The maximum Gasteiger partial charge on any atom is 0.127 e. The standard InChI is InChI=1S/C19H30FN/c1-2-3-4-5-6-7-8-9-13-18(20)17-12-10-11-16-14-15-21-19(16)17/h10-12,18,21H,2-9,13-15H2,1H3. The number of unbranched alkanes of at least 4 members (excludes halogenated alkanes) is 7. The maximum absolute atomic E-state index is 14.4. The van der Waals surface area contributed by atoms with Crippen molar-refractivity contribution < 1.29 is 4.39 Å². The number of anilines is 1. The fourth-order valence-electron chi connectivity index (χ4n) is 3.24. The van der Waals surface area contributed by atoms with Gasteiger partial charge in [0.25, 0.3) is 0 Å². The number of nitrogens with one attached hydrogen (secondary N) is 1. The Hall–Kier alpha value is -1.05. The van der Waals surface area contributed by atoms with Gasteiger partial charge in [0, 0.05) is 17.8 Å². The van der Waals surface area contributed by atoms with E-state index in [9.17, 15) is 4.39 Å². The zero-order valence-electron chi connectivity index (χ0n) is 13.5. The molecule has 1 unspecified atom stereocenters. The fourth-order valence-corrected chi connectivity index (χ4v) is 3.24.